The zero-order chi connectivity index (χ0) is 10.8. The summed E-state index contributed by atoms with van der Waals surface area (Å²) >= 11 is 0. The number of aryl methyl sites for hydroxylation is 1. The molecule has 2 aromatic rings. The summed E-state index contributed by atoms with van der Waals surface area (Å²) in [7, 11) is 0. The Morgan fingerprint density at radius 3 is 2.67 bits per heavy atom. The molecule has 2 rings (SSSR count). The molecule has 0 bridgehead atoms. The molecule has 0 saturated carbocycles. The normalized spacial score (nSPS) is 10.3. The van der Waals surface area contributed by atoms with Crippen molar-refractivity contribution < 1.29 is 9.50 Å². The number of hydrogen-bond acceptors (Lipinski definition) is 2. The maximum atomic E-state index is 13.6. The van der Waals surface area contributed by atoms with E-state index in [0.29, 0.717) is 11.1 Å². The van der Waals surface area contributed by atoms with Crippen molar-refractivity contribution in [2.24, 2.45) is 0 Å². The molecule has 0 amide bonds. The van der Waals surface area contributed by atoms with Crippen molar-refractivity contribution in [2.75, 3.05) is 0 Å². The summed E-state index contributed by atoms with van der Waals surface area (Å²) in [5.41, 5.74) is 1.89. The highest BCUT2D eigenvalue weighted by atomic mass is 19.1. The van der Waals surface area contributed by atoms with E-state index >= 15 is 0 Å². The molecule has 76 valence electrons. The molecule has 0 saturated heterocycles. The molecule has 0 spiro atoms. The number of halogens is 1. The van der Waals surface area contributed by atoms with E-state index < -0.39 is 0 Å². The second kappa shape index (κ2) is 3.69. The van der Waals surface area contributed by atoms with Crippen LogP contribution >= 0.6 is 0 Å². The summed E-state index contributed by atoms with van der Waals surface area (Å²) in [6.45, 7) is 1.83. The molecule has 3 heteroatoms. The van der Waals surface area contributed by atoms with E-state index in [1.807, 2.05) is 13.0 Å². The highest BCUT2D eigenvalue weighted by Crippen LogP contribution is 2.25. The van der Waals surface area contributed by atoms with Gasteiger partial charge in [-0.25, -0.2) is 4.39 Å². The Bertz CT molecular complexity index is 497. The fourth-order valence-electron chi connectivity index (χ4n) is 1.43. The molecule has 0 aliphatic carbocycles. The lowest BCUT2D eigenvalue weighted by Crippen LogP contribution is -1.86. The average Bonchev–Trinajstić information content (AvgIpc) is 2.17. The van der Waals surface area contributed by atoms with Crippen molar-refractivity contribution in [3.8, 4) is 16.9 Å². The molecule has 1 heterocycles. The summed E-state index contributed by atoms with van der Waals surface area (Å²) in [6, 6.07) is 6.45. The predicted octanol–water partition coefficient (Wildman–Crippen LogP) is 2.90. The van der Waals surface area contributed by atoms with Gasteiger partial charge in [0.15, 0.2) is 0 Å². The zero-order valence-electron chi connectivity index (χ0n) is 8.24. The Morgan fingerprint density at radius 2 is 2.00 bits per heavy atom. The Labute approximate surface area is 87.0 Å². The van der Waals surface area contributed by atoms with Crippen LogP contribution in [0.5, 0.6) is 5.75 Å². The standard InChI is InChI=1S/C12H10FNO/c1-8-2-3-11(12(13)4-8)9-5-10(15)7-14-6-9/h2-7,15H,1H3. The van der Waals surface area contributed by atoms with Crippen LogP contribution in [0.25, 0.3) is 11.1 Å². The molecule has 0 fully saturated rings. The lowest BCUT2D eigenvalue weighted by Gasteiger charge is -2.04. The van der Waals surface area contributed by atoms with Gasteiger partial charge in [0, 0.05) is 17.3 Å². The summed E-state index contributed by atoms with van der Waals surface area (Å²) in [5, 5.41) is 9.23. The van der Waals surface area contributed by atoms with Crippen molar-refractivity contribution >= 4 is 0 Å². The maximum absolute atomic E-state index is 13.6. The first kappa shape index (κ1) is 9.65. The van der Waals surface area contributed by atoms with Crippen LogP contribution in [0, 0.1) is 12.7 Å². The van der Waals surface area contributed by atoms with E-state index in [9.17, 15) is 9.50 Å². The number of aromatic hydroxyl groups is 1. The fourth-order valence-corrected chi connectivity index (χ4v) is 1.43. The van der Waals surface area contributed by atoms with Crippen LogP contribution in [0.15, 0.2) is 36.7 Å². The van der Waals surface area contributed by atoms with Crippen molar-refractivity contribution in [2.45, 2.75) is 6.92 Å². The lowest BCUT2D eigenvalue weighted by atomic mass is 10.1. The molecule has 0 unspecified atom stereocenters. The summed E-state index contributed by atoms with van der Waals surface area (Å²) < 4.78 is 13.6. The van der Waals surface area contributed by atoms with Crippen LogP contribution in [0.2, 0.25) is 0 Å². The molecule has 0 atom stereocenters. The second-order valence-electron chi connectivity index (χ2n) is 3.42. The molecule has 0 radical (unpaired) electrons. The third-order valence-corrected chi connectivity index (χ3v) is 2.16. The largest absolute Gasteiger partial charge is 0.506 e. The number of nitrogens with zero attached hydrogens (tertiary/aromatic N) is 1. The Kier molecular flexibility index (Phi) is 2.37. The van der Waals surface area contributed by atoms with Gasteiger partial charge in [0.25, 0.3) is 0 Å². The van der Waals surface area contributed by atoms with Crippen LogP contribution in [-0.4, -0.2) is 10.1 Å². The van der Waals surface area contributed by atoms with Gasteiger partial charge in [0.05, 0.1) is 6.20 Å². The van der Waals surface area contributed by atoms with Gasteiger partial charge in [-0.2, -0.15) is 0 Å². The smallest absolute Gasteiger partial charge is 0.134 e. The van der Waals surface area contributed by atoms with Gasteiger partial charge >= 0.3 is 0 Å². The highest BCUT2D eigenvalue weighted by Gasteiger charge is 2.05. The van der Waals surface area contributed by atoms with Gasteiger partial charge in [0.2, 0.25) is 0 Å². The van der Waals surface area contributed by atoms with E-state index in [1.165, 1.54) is 24.5 Å². The fraction of sp³-hybridized carbons (Fsp3) is 0.0833. The Hall–Kier alpha value is -1.90. The van der Waals surface area contributed by atoms with E-state index in [1.54, 1.807) is 6.07 Å². The summed E-state index contributed by atoms with van der Waals surface area (Å²) in [6.07, 6.45) is 2.84. The Balaban J connectivity index is 2.54. The average molecular weight is 203 g/mol. The van der Waals surface area contributed by atoms with Gasteiger partial charge in [0.1, 0.15) is 11.6 Å². The number of aromatic nitrogens is 1. The Morgan fingerprint density at radius 1 is 1.20 bits per heavy atom. The van der Waals surface area contributed by atoms with Crippen molar-refractivity contribution in [1.82, 2.24) is 4.98 Å². The van der Waals surface area contributed by atoms with Gasteiger partial charge in [-0.15, -0.1) is 0 Å². The third kappa shape index (κ3) is 1.96. The zero-order valence-corrected chi connectivity index (χ0v) is 8.24. The van der Waals surface area contributed by atoms with Crippen LogP contribution in [0.1, 0.15) is 5.56 Å². The first-order valence-corrected chi connectivity index (χ1v) is 4.57. The van der Waals surface area contributed by atoms with Crippen LogP contribution < -0.4 is 0 Å². The first-order chi connectivity index (χ1) is 7.16. The molecule has 0 aliphatic rings. The molecular formula is C12H10FNO. The van der Waals surface area contributed by atoms with Gasteiger partial charge < -0.3 is 5.11 Å². The summed E-state index contributed by atoms with van der Waals surface area (Å²) in [4.78, 5) is 3.81. The molecular weight excluding hydrogens is 193 g/mol. The van der Waals surface area contributed by atoms with Crippen molar-refractivity contribution in [1.29, 1.82) is 0 Å². The SMILES string of the molecule is Cc1ccc(-c2cncc(O)c2)c(F)c1. The second-order valence-corrected chi connectivity index (χ2v) is 3.42. The van der Waals surface area contributed by atoms with E-state index in [-0.39, 0.29) is 11.6 Å². The minimum absolute atomic E-state index is 0.0347. The van der Waals surface area contributed by atoms with Gasteiger partial charge in [-0.3, -0.25) is 4.98 Å². The van der Waals surface area contributed by atoms with E-state index in [4.69, 9.17) is 0 Å². The molecule has 2 nitrogen and oxygen atoms in total. The van der Waals surface area contributed by atoms with Crippen LogP contribution in [0.4, 0.5) is 4.39 Å². The minimum Gasteiger partial charge on any atom is -0.506 e. The maximum Gasteiger partial charge on any atom is 0.134 e. The number of rotatable bonds is 1. The van der Waals surface area contributed by atoms with E-state index in [0.717, 1.165) is 5.56 Å². The molecule has 1 aromatic carbocycles. The van der Waals surface area contributed by atoms with Crippen molar-refractivity contribution in [3.63, 3.8) is 0 Å². The van der Waals surface area contributed by atoms with Gasteiger partial charge in [-0.1, -0.05) is 12.1 Å². The van der Waals surface area contributed by atoms with Gasteiger partial charge in [-0.05, 0) is 24.6 Å². The number of pyridine rings is 1. The lowest BCUT2D eigenvalue weighted by molar-refractivity contribution is 0.473. The van der Waals surface area contributed by atoms with Crippen molar-refractivity contribution in [3.05, 3.63) is 48.0 Å². The highest BCUT2D eigenvalue weighted by molar-refractivity contribution is 5.64. The first-order valence-electron chi connectivity index (χ1n) is 4.57. The molecule has 1 aromatic heterocycles. The quantitative estimate of drug-likeness (QED) is 0.773. The topological polar surface area (TPSA) is 33.1 Å². The number of benzene rings is 1. The minimum atomic E-state index is -0.303. The predicted molar refractivity (Wildman–Crippen MR) is 56.0 cm³/mol. The molecule has 0 aliphatic heterocycles. The molecule has 15 heavy (non-hydrogen) atoms. The van der Waals surface area contributed by atoms with E-state index in [2.05, 4.69) is 4.98 Å². The summed E-state index contributed by atoms with van der Waals surface area (Å²) in [5.74, 6) is -0.269. The van der Waals surface area contributed by atoms with Crippen LogP contribution in [-0.2, 0) is 0 Å². The third-order valence-electron chi connectivity index (χ3n) is 2.16. The monoisotopic (exact) mass is 203 g/mol. The molecule has 1 N–H and O–H groups in total. The number of hydrogen-bond donors (Lipinski definition) is 1. The van der Waals surface area contributed by atoms with Crippen LogP contribution in [0.3, 0.4) is 0 Å².